The van der Waals surface area contributed by atoms with Gasteiger partial charge in [0, 0.05) is 5.56 Å². The fraction of sp³-hybridized carbons (Fsp3) is 0.250. The van der Waals surface area contributed by atoms with Gasteiger partial charge in [-0.05, 0) is 48.4 Å². The van der Waals surface area contributed by atoms with E-state index in [2.05, 4.69) is 5.10 Å². The Hall–Kier alpha value is -2.76. The van der Waals surface area contributed by atoms with Crippen molar-refractivity contribution in [1.82, 2.24) is 9.78 Å². The zero-order valence-electron chi connectivity index (χ0n) is 14.5. The molecule has 3 aromatic rings. The third kappa shape index (κ3) is 3.59. The molecule has 0 aliphatic heterocycles. The predicted molar refractivity (Wildman–Crippen MR) is 94.5 cm³/mol. The van der Waals surface area contributed by atoms with Gasteiger partial charge >= 0.3 is 6.18 Å². The van der Waals surface area contributed by atoms with Gasteiger partial charge in [-0.25, -0.2) is 4.68 Å². The second-order valence-corrected chi connectivity index (χ2v) is 5.94. The molecule has 0 spiro atoms. The van der Waals surface area contributed by atoms with E-state index in [0.717, 1.165) is 30.2 Å². The zero-order valence-corrected chi connectivity index (χ0v) is 14.5. The highest BCUT2D eigenvalue weighted by Crippen LogP contribution is 2.34. The van der Waals surface area contributed by atoms with Crippen LogP contribution in [-0.2, 0) is 12.6 Å². The summed E-state index contributed by atoms with van der Waals surface area (Å²) in [7, 11) is 1.59. The zero-order chi connectivity index (χ0) is 18.7. The van der Waals surface area contributed by atoms with Crippen molar-refractivity contribution in [2.24, 2.45) is 0 Å². The number of benzene rings is 2. The number of hydrogen-bond donors (Lipinski definition) is 0. The normalized spacial score (nSPS) is 11.6. The summed E-state index contributed by atoms with van der Waals surface area (Å²) in [5.74, 6) is 0.734. The van der Waals surface area contributed by atoms with E-state index in [4.69, 9.17) is 4.74 Å². The standard InChI is InChI=1S/C20H19F3N2O/c1-3-7-15-12-14(10-11-18(15)26-2)17-13-19(20(21,22)23)24-25(17)16-8-5-4-6-9-16/h4-6,8-13H,3,7H2,1-2H3. The van der Waals surface area contributed by atoms with Crippen LogP contribution in [0.4, 0.5) is 13.2 Å². The summed E-state index contributed by atoms with van der Waals surface area (Å²) >= 11 is 0. The quantitative estimate of drug-likeness (QED) is 0.599. The Morgan fingerprint density at radius 1 is 1.04 bits per heavy atom. The van der Waals surface area contributed by atoms with Crippen molar-refractivity contribution < 1.29 is 17.9 Å². The van der Waals surface area contributed by atoms with Crippen molar-refractivity contribution in [2.75, 3.05) is 7.11 Å². The Kier molecular flexibility index (Phi) is 5.02. The van der Waals surface area contributed by atoms with Crippen molar-refractivity contribution in [3.63, 3.8) is 0 Å². The summed E-state index contributed by atoms with van der Waals surface area (Å²) in [5.41, 5.74) is 1.68. The smallest absolute Gasteiger partial charge is 0.435 e. The molecule has 136 valence electrons. The van der Waals surface area contributed by atoms with Gasteiger partial charge in [0.05, 0.1) is 18.5 Å². The minimum atomic E-state index is -4.51. The second kappa shape index (κ2) is 7.23. The molecule has 0 aliphatic carbocycles. The van der Waals surface area contributed by atoms with Crippen molar-refractivity contribution in [3.8, 4) is 22.7 Å². The summed E-state index contributed by atoms with van der Waals surface area (Å²) in [4.78, 5) is 0. The van der Waals surface area contributed by atoms with Crippen LogP contribution >= 0.6 is 0 Å². The van der Waals surface area contributed by atoms with Crippen LogP contribution in [0.25, 0.3) is 16.9 Å². The Bertz CT molecular complexity index is 886. The minimum Gasteiger partial charge on any atom is -0.496 e. The molecule has 0 fully saturated rings. The molecule has 3 nitrogen and oxygen atoms in total. The summed E-state index contributed by atoms with van der Waals surface area (Å²) in [6.07, 6.45) is -2.82. The van der Waals surface area contributed by atoms with E-state index in [-0.39, 0.29) is 0 Å². The van der Waals surface area contributed by atoms with Gasteiger partial charge in [-0.2, -0.15) is 18.3 Å². The lowest BCUT2D eigenvalue weighted by Gasteiger charge is -2.12. The molecule has 0 radical (unpaired) electrons. The molecule has 0 bridgehead atoms. The molecule has 0 N–H and O–H groups in total. The predicted octanol–water partition coefficient (Wildman–Crippen LogP) is 5.52. The number of nitrogens with zero attached hydrogens (tertiary/aromatic N) is 2. The molecule has 0 atom stereocenters. The van der Waals surface area contributed by atoms with E-state index >= 15 is 0 Å². The highest BCUT2D eigenvalue weighted by Gasteiger charge is 2.35. The van der Waals surface area contributed by atoms with Crippen molar-refractivity contribution in [2.45, 2.75) is 25.9 Å². The SMILES string of the molecule is CCCc1cc(-c2cc(C(F)(F)F)nn2-c2ccccc2)ccc1OC. The Labute approximate surface area is 150 Å². The lowest BCUT2D eigenvalue weighted by atomic mass is 10.0. The van der Waals surface area contributed by atoms with E-state index in [0.29, 0.717) is 16.9 Å². The molecule has 0 saturated carbocycles. The maximum atomic E-state index is 13.2. The summed E-state index contributed by atoms with van der Waals surface area (Å²) in [6.45, 7) is 2.04. The molecule has 6 heteroatoms. The van der Waals surface area contributed by atoms with E-state index < -0.39 is 11.9 Å². The molecule has 0 amide bonds. The monoisotopic (exact) mass is 360 g/mol. The number of halogens is 3. The first kappa shape index (κ1) is 18.0. The van der Waals surface area contributed by atoms with Gasteiger partial charge in [0.1, 0.15) is 5.75 Å². The molecule has 2 aromatic carbocycles. The highest BCUT2D eigenvalue weighted by atomic mass is 19.4. The maximum absolute atomic E-state index is 13.2. The van der Waals surface area contributed by atoms with Gasteiger partial charge in [-0.3, -0.25) is 0 Å². The number of para-hydroxylation sites is 1. The molecule has 1 aromatic heterocycles. The summed E-state index contributed by atoms with van der Waals surface area (Å²) < 4.78 is 46.4. The first-order valence-electron chi connectivity index (χ1n) is 8.34. The second-order valence-electron chi connectivity index (χ2n) is 5.94. The van der Waals surface area contributed by atoms with Gasteiger partial charge in [0.2, 0.25) is 0 Å². The van der Waals surface area contributed by atoms with Gasteiger partial charge in [-0.1, -0.05) is 31.5 Å². The first-order valence-corrected chi connectivity index (χ1v) is 8.34. The molecule has 0 unspecified atom stereocenters. The number of ether oxygens (including phenoxy) is 1. The van der Waals surface area contributed by atoms with Gasteiger partial charge in [0.25, 0.3) is 0 Å². The lowest BCUT2D eigenvalue weighted by molar-refractivity contribution is -0.141. The lowest BCUT2D eigenvalue weighted by Crippen LogP contribution is -2.07. The van der Waals surface area contributed by atoms with E-state index in [9.17, 15) is 13.2 Å². The number of aromatic nitrogens is 2. The third-order valence-electron chi connectivity index (χ3n) is 4.10. The molecule has 26 heavy (non-hydrogen) atoms. The minimum absolute atomic E-state index is 0.392. The van der Waals surface area contributed by atoms with E-state index in [1.807, 2.05) is 19.1 Å². The van der Waals surface area contributed by atoms with E-state index in [1.54, 1.807) is 43.5 Å². The first-order chi connectivity index (χ1) is 12.4. The van der Waals surface area contributed by atoms with Crippen LogP contribution in [0, 0.1) is 0 Å². The van der Waals surface area contributed by atoms with Gasteiger partial charge < -0.3 is 4.74 Å². The number of rotatable bonds is 5. The number of aryl methyl sites for hydroxylation is 1. The maximum Gasteiger partial charge on any atom is 0.435 e. The van der Waals surface area contributed by atoms with E-state index in [1.165, 1.54) is 4.68 Å². The average molecular weight is 360 g/mol. The largest absolute Gasteiger partial charge is 0.496 e. The average Bonchev–Trinajstić information content (AvgIpc) is 3.08. The van der Waals surface area contributed by atoms with Crippen molar-refractivity contribution >= 4 is 0 Å². The van der Waals surface area contributed by atoms with Crippen LogP contribution in [0.5, 0.6) is 5.75 Å². The fourth-order valence-corrected chi connectivity index (χ4v) is 2.89. The van der Waals surface area contributed by atoms with Crippen LogP contribution < -0.4 is 4.74 Å². The Balaban J connectivity index is 2.18. The Morgan fingerprint density at radius 2 is 1.77 bits per heavy atom. The van der Waals surface area contributed by atoms with Crippen molar-refractivity contribution in [3.05, 3.63) is 65.9 Å². The fourth-order valence-electron chi connectivity index (χ4n) is 2.89. The summed E-state index contributed by atoms with van der Waals surface area (Å²) in [5, 5.41) is 3.81. The highest BCUT2D eigenvalue weighted by molar-refractivity contribution is 5.65. The number of hydrogen-bond acceptors (Lipinski definition) is 2. The Morgan fingerprint density at radius 3 is 2.38 bits per heavy atom. The molecular formula is C20H19F3N2O. The van der Waals surface area contributed by atoms with Gasteiger partial charge in [-0.15, -0.1) is 0 Å². The van der Waals surface area contributed by atoms with Crippen molar-refractivity contribution in [1.29, 1.82) is 0 Å². The summed E-state index contributed by atoms with van der Waals surface area (Å²) in [6, 6.07) is 15.3. The van der Waals surface area contributed by atoms with Gasteiger partial charge in [0.15, 0.2) is 5.69 Å². The number of methoxy groups -OCH3 is 1. The van der Waals surface area contributed by atoms with Crippen LogP contribution in [0.15, 0.2) is 54.6 Å². The van der Waals surface area contributed by atoms with Crippen LogP contribution in [0.1, 0.15) is 24.6 Å². The molecule has 0 saturated heterocycles. The third-order valence-corrected chi connectivity index (χ3v) is 4.10. The topological polar surface area (TPSA) is 27.1 Å². The number of alkyl halides is 3. The molecular weight excluding hydrogens is 341 g/mol. The molecule has 1 heterocycles. The van der Waals surface area contributed by atoms with Crippen LogP contribution in [0.2, 0.25) is 0 Å². The molecule has 3 rings (SSSR count). The van der Waals surface area contributed by atoms with Crippen LogP contribution in [0.3, 0.4) is 0 Å². The van der Waals surface area contributed by atoms with Crippen LogP contribution in [-0.4, -0.2) is 16.9 Å². The molecule has 0 aliphatic rings.